The molecule has 1 aromatic heterocycles. The van der Waals surface area contributed by atoms with Crippen molar-refractivity contribution >= 4 is 5.82 Å². The molecule has 2 rings (SSSR count). The normalized spacial score (nSPS) is 26.0. The Labute approximate surface area is 120 Å². The number of hydrogen-bond acceptors (Lipinski definition) is 4. The third kappa shape index (κ3) is 3.71. The average molecular weight is 273 g/mol. The third-order valence-corrected chi connectivity index (χ3v) is 4.29. The Balaban J connectivity index is 1.95. The molecule has 0 aliphatic heterocycles. The molecule has 2 N–H and O–H groups in total. The van der Waals surface area contributed by atoms with E-state index in [0.717, 1.165) is 37.3 Å². The minimum absolute atomic E-state index is 0.505. The van der Waals surface area contributed by atoms with Crippen molar-refractivity contribution in [2.45, 2.75) is 51.6 Å². The van der Waals surface area contributed by atoms with Gasteiger partial charge in [0.2, 0.25) is 0 Å². The van der Waals surface area contributed by atoms with Gasteiger partial charge in [0.05, 0.1) is 17.2 Å². The van der Waals surface area contributed by atoms with Crippen LogP contribution in [0.15, 0.2) is 12.1 Å². The van der Waals surface area contributed by atoms with E-state index in [1.807, 2.05) is 6.92 Å². The van der Waals surface area contributed by atoms with Gasteiger partial charge in [-0.05, 0) is 50.7 Å². The number of nitrogens with zero attached hydrogens (tertiary/aromatic N) is 2. The predicted octanol–water partition coefficient (Wildman–Crippen LogP) is 3.00. The second kappa shape index (κ2) is 6.23. The van der Waals surface area contributed by atoms with E-state index in [4.69, 9.17) is 5.26 Å². The molecule has 0 amide bonds. The van der Waals surface area contributed by atoms with Crippen molar-refractivity contribution in [3.63, 3.8) is 0 Å². The highest BCUT2D eigenvalue weighted by Gasteiger charge is 2.32. The Bertz CT molecular complexity index is 499. The van der Waals surface area contributed by atoms with Crippen LogP contribution >= 0.6 is 0 Å². The molecule has 0 atom stereocenters. The molecule has 1 aliphatic carbocycles. The summed E-state index contributed by atoms with van der Waals surface area (Å²) in [6.45, 7) is 4.59. The van der Waals surface area contributed by atoms with Gasteiger partial charge in [0.25, 0.3) is 0 Å². The second-order valence-corrected chi connectivity index (χ2v) is 5.92. The molecule has 1 heterocycles. The maximum atomic E-state index is 10.6. The highest BCUT2D eigenvalue weighted by atomic mass is 16.3. The number of aliphatic hydroxyl groups is 1. The van der Waals surface area contributed by atoms with Crippen LogP contribution in [-0.2, 0) is 0 Å². The fourth-order valence-electron chi connectivity index (χ4n) is 2.88. The predicted molar refractivity (Wildman–Crippen MR) is 79.4 cm³/mol. The zero-order valence-corrected chi connectivity index (χ0v) is 12.3. The minimum Gasteiger partial charge on any atom is -0.388 e. The first-order valence-corrected chi connectivity index (χ1v) is 7.40. The first kappa shape index (κ1) is 14.8. The molecule has 1 fully saturated rings. The van der Waals surface area contributed by atoms with Gasteiger partial charge < -0.3 is 10.4 Å². The molecule has 0 radical (unpaired) electrons. The highest BCUT2D eigenvalue weighted by molar-refractivity contribution is 5.44. The summed E-state index contributed by atoms with van der Waals surface area (Å²) in [6.07, 6.45) is 5.08. The maximum Gasteiger partial charge on any atom is 0.127 e. The molecule has 4 nitrogen and oxygen atoms in total. The van der Waals surface area contributed by atoms with E-state index in [2.05, 4.69) is 23.3 Å². The van der Waals surface area contributed by atoms with E-state index in [0.29, 0.717) is 17.9 Å². The number of anilines is 1. The summed E-state index contributed by atoms with van der Waals surface area (Å²) >= 11 is 0. The first-order chi connectivity index (χ1) is 9.54. The number of aryl methyl sites for hydroxylation is 1. The fourth-order valence-corrected chi connectivity index (χ4v) is 2.88. The lowest BCUT2D eigenvalue weighted by Crippen LogP contribution is -2.40. The summed E-state index contributed by atoms with van der Waals surface area (Å²) in [5.74, 6) is 1.44. The SMILES string of the molecule is CCC1CCC(O)(CNc2cc(C#N)cc(C)n2)CC1. The van der Waals surface area contributed by atoms with Crippen molar-refractivity contribution < 1.29 is 5.11 Å². The quantitative estimate of drug-likeness (QED) is 0.884. The number of nitrogens with one attached hydrogen (secondary N) is 1. The highest BCUT2D eigenvalue weighted by Crippen LogP contribution is 2.33. The van der Waals surface area contributed by atoms with Gasteiger partial charge >= 0.3 is 0 Å². The van der Waals surface area contributed by atoms with E-state index in [1.165, 1.54) is 6.42 Å². The molecule has 108 valence electrons. The molecule has 0 unspecified atom stereocenters. The first-order valence-electron chi connectivity index (χ1n) is 7.40. The van der Waals surface area contributed by atoms with Gasteiger partial charge in [0.1, 0.15) is 5.82 Å². The topological polar surface area (TPSA) is 68.9 Å². The van der Waals surface area contributed by atoms with Gasteiger partial charge in [-0.2, -0.15) is 5.26 Å². The van der Waals surface area contributed by atoms with Gasteiger partial charge in [-0.1, -0.05) is 13.3 Å². The molecule has 1 aromatic rings. The summed E-state index contributed by atoms with van der Waals surface area (Å²) < 4.78 is 0. The van der Waals surface area contributed by atoms with E-state index in [-0.39, 0.29) is 0 Å². The van der Waals surface area contributed by atoms with Gasteiger partial charge in [0, 0.05) is 12.2 Å². The Hall–Kier alpha value is -1.60. The van der Waals surface area contributed by atoms with Crippen LogP contribution in [-0.4, -0.2) is 22.2 Å². The van der Waals surface area contributed by atoms with Crippen LogP contribution in [0.25, 0.3) is 0 Å². The average Bonchev–Trinajstić information content (AvgIpc) is 2.45. The van der Waals surface area contributed by atoms with Crippen molar-refractivity contribution in [1.82, 2.24) is 4.98 Å². The monoisotopic (exact) mass is 273 g/mol. The lowest BCUT2D eigenvalue weighted by atomic mass is 9.78. The standard InChI is InChI=1S/C16H23N3O/c1-3-13-4-6-16(20,7-5-13)11-18-15-9-14(10-17)8-12(2)19-15/h8-9,13,20H,3-7,11H2,1-2H3,(H,18,19). The Morgan fingerprint density at radius 3 is 2.75 bits per heavy atom. The van der Waals surface area contributed by atoms with Crippen molar-refractivity contribution in [2.24, 2.45) is 5.92 Å². The summed E-state index contributed by atoms with van der Waals surface area (Å²) in [5, 5.41) is 22.7. The van der Waals surface area contributed by atoms with E-state index in [1.54, 1.807) is 12.1 Å². The van der Waals surface area contributed by atoms with E-state index < -0.39 is 5.60 Å². The van der Waals surface area contributed by atoms with Crippen molar-refractivity contribution in [1.29, 1.82) is 5.26 Å². The number of pyridine rings is 1. The molecule has 1 aliphatic rings. The van der Waals surface area contributed by atoms with Crippen LogP contribution in [0.2, 0.25) is 0 Å². The smallest absolute Gasteiger partial charge is 0.127 e. The van der Waals surface area contributed by atoms with Gasteiger partial charge in [-0.25, -0.2) is 4.98 Å². The zero-order valence-electron chi connectivity index (χ0n) is 12.3. The van der Waals surface area contributed by atoms with Crippen molar-refractivity contribution in [3.05, 3.63) is 23.4 Å². The van der Waals surface area contributed by atoms with Crippen LogP contribution in [0.1, 0.15) is 50.3 Å². The van der Waals surface area contributed by atoms with Crippen molar-refractivity contribution in [2.75, 3.05) is 11.9 Å². The molecule has 4 heteroatoms. The summed E-state index contributed by atoms with van der Waals surface area (Å²) in [4.78, 5) is 4.36. The lowest BCUT2D eigenvalue weighted by Gasteiger charge is -2.36. The van der Waals surface area contributed by atoms with Crippen molar-refractivity contribution in [3.8, 4) is 6.07 Å². The second-order valence-electron chi connectivity index (χ2n) is 5.92. The fraction of sp³-hybridized carbons (Fsp3) is 0.625. The van der Waals surface area contributed by atoms with E-state index >= 15 is 0 Å². The molecule has 1 saturated carbocycles. The summed E-state index contributed by atoms with van der Waals surface area (Å²) in [7, 11) is 0. The van der Waals surface area contributed by atoms with E-state index in [9.17, 15) is 5.11 Å². The number of rotatable bonds is 4. The maximum absolute atomic E-state index is 10.6. The minimum atomic E-state index is -0.635. The van der Waals surface area contributed by atoms with Crippen LogP contribution < -0.4 is 5.32 Å². The van der Waals surface area contributed by atoms with Crippen LogP contribution in [0.5, 0.6) is 0 Å². The van der Waals surface area contributed by atoms with Crippen LogP contribution in [0.4, 0.5) is 5.82 Å². The molecular weight excluding hydrogens is 250 g/mol. The number of nitriles is 1. The molecule has 0 saturated heterocycles. The van der Waals surface area contributed by atoms with Crippen LogP contribution in [0.3, 0.4) is 0 Å². The van der Waals surface area contributed by atoms with Gasteiger partial charge in [-0.15, -0.1) is 0 Å². The Morgan fingerprint density at radius 1 is 1.45 bits per heavy atom. The summed E-state index contributed by atoms with van der Waals surface area (Å²) in [6, 6.07) is 5.61. The number of aromatic nitrogens is 1. The molecule has 0 spiro atoms. The zero-order chi connectivity index (χ0) is 14.6. The largest absolute Gasteiger partial charge is 0.388 e. The summed E-state index contributed by atoms with van der Waals surface area (Å²) in [5.41, 5.74) is 0.777. The van der Waals surface area contributed by atoms with Gasteiger partial charge in [0.15, 0.2) is 0 Å². The number of hydrogen-bond donors (Lipinski definition) is 2. The Morgan fingerprint density at radius 2 is 2.15 bits per heavy atom. The van der Waals surface area contributed by atoms with Crippen LogP contribution in [0, 0.1) is 24.2 Å². The molecule has 0 aromatic carbocycles. The molecule has 0 bridgehead atoms. The third-order valence-electron chi connectivity index (χ3n) is 4.29. The Kier molecular flexibility index (Phi) is 4.61. The molecular formula is C16H23N3O. The molecule has 20 heavy (non-hydrogen) atoms. The lowest BCUT2D eigenvalue weighted by molar-refractivity contribution is 0.00223. The van der Waals surface area contributed by atoms with Gasteiger partial charge in [-0.3, -0.25) is 0 Å².